The minimum Gasteiger partial charge on any atom is -0.497 e. The first-order valence-corrected chi connectivity index (χ1v) is 6.70. The third-order valence-electron chi connectivity index (χ3n) is 4.00. The first-order valence-electron chi connectivity index (χ1n) is 6.70. The van der Waals surface area contributed by atoms with Crippen LogP contribution in [0.4, 0.5) is 5.69 Å². The number of hydrogen-bond acceptors (Lipinski definition) is 4. The van der Waals surface area contributed by atoms with Gasteiger partial charge in [0.25, 0.3) is 0 Å². The normalized spacial score (nSPS) is 24.7. The van der Waals surface area contributed by atoms with Gasteiger partial charge in [0.15, 0.2) is 0 Å². The maximum Gasteiger partial charge on any atom is 0.119 e. The Balaban J connectivity index is 1.69. The molecule has 4 heteroatoms. The average molecular weight is 247 g/mol. The molecule has 0 amide bonds. The van der Waals surface area contributed by atoms with E-state index < -0.39 is 0 Å². The van der Waals surface area contributed by atoms with Crippen molar-refractivity contribution in [2.45, 2.75) is 6.04 Å². The Kier molecular flexibility index (Phi) is 3.39. The Bertz CT molecular complexity index is 393. The fourth-order valence-electron chi connectivity index (χ4n) is 2.90. The number of benzene rings is 1. The molecule has 2 aliphatic heterocycles. The number of hydrogen-bond donors (Lipinski definition) is 1. The number of ether oxygens (including phenoxy) is 1. The van der Waals surface area contributed by atoms with Crippen LogP contribution in [0.3, 0.4) is 0 Å². The molecule has 0 spiro atoms. The van der Waals surface area contributed by atoms with Crippen LogP contribution in [0.25, 0.3) is 0 Å². The third-order valence-corrected chi connectivity index (χ3v) is 4.00. The summed E-state index contributed by atoms with van der Waals surface area (Å²) in [6.45, 7) is 6.88. The van der Waals surface area contributed by atoms with Crippen molar-refractivity contribution < 1.29 is 4.74 Å². The third kappa shape index (κ3) is 2.31. The number of rotatable bonds is 2. The lowest BCUT2D eigenvalue weighted by molar-refractivity contribution is 0.146. The fraction of sp³-hybridized carbons (Fsp3) is 0.571. The van der Waals surface area contributed by atoms with Crippen molar-refractivity contribution in [3.05, 3.63) is 24.3 Å². The minimum absolute atomic E-state index is 0.662. The summed E-state index contributed by atoms with van der Waals surface area (Å²) in [4.78, 5) is 5.09. The van der Waals surface area contributed by atoms with Gasteiger partial charge in [0.2, 0.25) is 0 Å². The molecule has 3 rings (SSSR count). The molecule has 0 radical (unpaired) electrons. The number of piperazine rings is 2. The summed E-state index contributed by atoms with van der Waals surface area (Å²) in [5.74, 6) is 0.928. The van der Waals surface area contributed by atoms with E-state index in [0.717, 1.165) is 31.9 Å². The zero-order chi connectivity index (χ0) is 12.4. The van der Waals surface area contributed by atoms with E-state index in [1.165, 1.54) is 18.8 Å². The molecule has 1 N–H and O–H groups in total. The smallest absolute Gasteiger partial charge is 0.119 e. The maximum absolute atomic E-state index is 5.21. The van der Waals surface area contributed by atoms with Crippen LogP contribution >= 0.6 is 0 Å². The molecule has 1 unspecified atom stereocenters. The number of anilines is 1. The van der Waals surface area contributed by atoms with E-state index in [1.54, 1.807) is 7.11 Å². The van der Waals surface area contributed by atoms with Gasteiger partial charge in [-0.25, -0.2) is 0 Å². The van der Waals surface area contributed by atoms with E-state index in [0.29, 0.717) is 6.04 Å². The van der Waals surface area contributed by atoms with Crippen molar-refractivity contribution in [1.82, 2.24) is 10.2 Å². The molecule has 0 aliphatic carbocycles. The molecule has 2 saturated heterocycles. The molecule has 4 nitrogen and oxygen atoms in total. The highest BCUT2D eigenvalue weighted by Gasteiger charge is 2.28. The average Bonchev–Trinajstić information content (AvgIpc) is 2.47. The molecule has 98 valence electrons. The van der Waals surface area contributed by atoms with Gasteiger partial charge in [-0.15, -0.1) is 0 Å². The van der Waals surface area contributed by atoms with Crippen molar-refractivity contribution in [2.75, 3.05) is 51.3 Å². The molecule has 2 aliphatic rings. The van der Waals surface area contributed by atoms with Gasteiger partial charge >= 0.3 is 0 Å². The Morgan fingerprint density at radius 1 is 1.17 bits per heavy atom. The number of fused-ring (bicyclic) bond motifs is 1. The standard InChI is InChI=1S/C14H21N3O/c1-18-14-4-2-12(3-5-14)17-9-8-16-7-6-15-10-13(16)11-17/h2-5,13,15H,6-11H2,1H3. The highest BCUT2D eigenvalue weighted by atomic mass is 16.5. The van der Waals surface area contributed by atoms with E-state index in [2.05, 4.69) is 27.2 Å². The molecule has 1 atom stereocenters. The van der Waals surface area contributed by atoms with Gasteiger partial charge in [-0.2, -0.15) is 0 Å². The van der Waals surface area contributed by atoms with Gasteiger partial charge in [0, 0.05) is 51.0 Å². The van der Waals surface area contributed by atoms with Crippen LogP contribution in [-0.2, 0) is 0 Å². The molecule has 0 saturated carbocycles. The summed E-state index contributed by atoms with van der Waals surface area (Å²) in [6, 6.07) is 9.06. The van der Waals surface area contributed by atoms with E-state index >= 15 is 0 Å². The molecule has 1 aromatic rings. The zero-order valence-corrected chi connectivity index (χ0v) is 10.9. The molecule has 2 fully saturated rings. The molecule has 0 aromatic heterocycles. The Morgan fingerprint density at radius 2 is 2.00 bits per heavy atom. The summed E-state index contributed by atoms with van der Waals surface area (Å²) >= 11 is 0. The van der Waals surface area contributed by atoms with Gasteiger partial charge in [-0.1, -0.05) is 0 Å². The molecule has 0 bridgehead atoms. The van der Waals surface area contributed by atoms with Gasteiger partial charge in [0.05, 0.1) is 7.11 Å². The van der Waals surface area contributed by atoms with Crippen molar-refractivity contribution in [3.63, 3.8) is 0 Å². The summed E-state index contributed by atoms with van der Waals surface area (Å²) in [6.07, 6.45) is 0. The summed E-state index contributed by atoms with van der Waals surface area (Å²) in [5.41, 5.74) is 1.31. The van der Waals surface area contributed by atoms with Gasteiger partial charge < -0.3 is 15.0 Å². The molecule has 18 heavy (non-hydrogen) atoms. The lowest BCUT2D eigenvalue weighted by atomic mass is 10.1. The lowest BCUT2D eigenvalue weighted by Crippen LogP contribution is -2.61. The predicted molar refractivity (Wildman–Crippen MR) is 73.4 cm³/mol. The maximum atomic E-state index is 5.21. The molecular formula is C14H21N3O. The lowest BCUT2D eigenvalue weighted by Gasteiger charge is -2.45. The summed E-state index contributed by atoms with van der Waals surface area (Å²) < 4.78 is 5.21. The quantitative estimate of drug-likeness (QED) is 0.836. The minimum atomic E-state index is 0.662. The zero-order valence-electron chi connectivity index (χ0n) is 10.9. The number of nitrogens with one attached hydrogen (secondary N) is 1. The number of methoxy groups -OCH3 is 1. The van der Waals surface area contributed by atoms with Crippen molar-refractivity contribution in [2.24, 2.45) is 0 Å². The fourth-order valence-corrected chi connectivity index (χ4v) is 2.90. The summed E-state index contributed by atoms with van der Waals surface area (Å²) in [7, 11) is 1.71. The second-order valence-corrected chi connectivity index (χ2v) is 5.04. The highest BCUT2D eigenvalue weighted by molar-refractivity contribution is 5.49. The first kappa shape index (κ1) is 11.8. The monoisotopic (exact) mass is 247 g/mol. The Hall–Kier alpha value is -1.26. The van der Waals surface area contributed by atoms with Crippen LogP contribution in [-0.4, -0.2) is 57.3 Å². The van der Waals surface area contributed by atoms with Crippen LogP contribution in [0.15, 0.2) is 24.3 Å². The Labute approximate surface area is 109 Å². The van der Waals surface area contributed by atoms with E-state index in [-0.39, 0.29) is 0 Å². The van der Waals surface area contributed by atoms with Gasteiger partial charge in [0.1, 0.15) is 5.75 Å². The molecule has 1 aromatic carbocycles. The van der Waals surface area contributed by atoms with Crippen LogP contribution < -0.4 is 15.0 Å². The van der Waals surface area contributed by atoms with Crippen molar-refractivity contribution in [3.8, 4) is 5.75 Å². The molecular weight excluding hydrogens is 226 g/mol. The van der Waals surface area contributed by atoms with Gasteiger partial charge in [-0.3, -0.25) is 4.90 Å². The van der Waals surface area contributed by atoms with Crippen LogP contribution in [0.2, 0.25) is 0 Å². The highest BCUT2D eigenvalue weighted by Crippen LogP contribution is 2.22. The van der Waals surface area contributed by atoms with Gasteiger partial charge in [-0.05, 0) is 24.3 Å². The van der Waals surface area contributed by atoms with E-state index in [4.69, 9.17) is 4.74 Å². The Morgan fingerprint density at radius 3 is 2.78 bits per heavy atom. The van der Waals surface area contributed by atoms with Crippen molar-refractivity contribution in [1.29, 1.82) is 0 Å². The topological polar surface area (TPSA) is 27.7 Å². The van der Waals surface area contributed by atoms with E-state index in [1.807, 2.05) is 12.1 Å². The largest absolute Gasteiger partial charge is 0.497 e. The number of nitrogens with zero attached hydrogens (tertiary/aromatic N) is 2. The van der Waals surface area contributed by atoms with E-state index in [9.17, 15) is 0 Å². The second-order valence-electron chi connectivity index (χ2n) is 5.04. The van der Waals surface area contributed by atoms with Crippen LogP contribution in [0.5, 0.6) is 5.75 Å². The molecule has 2 heterocycles. The SMILES string of the molecule is COc1ccc(N2CCN3CCNCC3C2)cc1. The van der Waals surface area contributed by atoms with Crippen LogP contribution in [0.1, 0.15) is 0 Å². The predicted octanol–water partition coefficient (Wildman–Crippen LogP) is 0.789. The van der Waals surface area contributed by atoms with Crippen molar-refractivity contribution >= 4 is 5.69 Å². The second kappa shape index (κ2) is 5.16. The summed E-state index contributed by atoms with van der Waals surface area (Å²) in [5, 5.41) is 3.49. The van der Waals surface area contributed by atoms with Crippen LogP contribution in [0, 0.1) is 0 Å². The first-order chi connectivity index (χ1) is 8.86.